The maximum Gasteiger partial charge on any atom is 0.328 e. The van der Waals surface area contributed by atoms with E-state index in [4.69, 9.17) is 13.9 Å². The van der Waals surface area contributed by atoms with Crippen LogP contribution in [0, 0.1) is 5.82 Å². The van der Waals surface area contributed by atoms with E-state index in [1.807, 2.05) is 18.2 Å². The van der Waals surface area contributed by atoms with Gasteiger partial charge in [-0.25, -0.2) is 4.39 Å². The zero-order chi connectivity index (χ0) is 23.7. The first kappa shape index (κ1) is 22.3. The predicted octanol–water partition coefficient (Wildman–Crippen LogP) is 6.09. The van der Waals surface area contributed by atoms with Gasteiger partial charge in [0.25, 0.3) is 0 Å². The molecule has 1 aliphatic carbocycles. The van der Waals surface area contributed by atoms with Gasteiger partial charge in [0.1, 0.15) is 34.3 Å². The van der Waals surface area contributed by atoms with Crippen LogP contribution in [0.5, 0.6) is 17.2 Å². The summed E-state index contributed by atoms with van der Waals surface area (Å²) < 4.78 is 47.0. The zero-order valence-corrected chi connectivity index (χ0v) is 19.2. The Bertz CT molecular complexity index is 1340. The van der Waals surface area contributed by atoms with Crippen LogP contribution in [0.25, 0.3) is 11.0 Å². The quantitative estimate of drug-likeness (QED) is 0.309. The summed E-state index contributed by atoms with van der Waals surface area (Å²) in [4.78, 5) is 13.0. The number of hydrogen-bond acceptors (Lipinski definition) is 5. The van der Waals surface area contributed by atoms with E-state index < -0.39 is 23.1 Å². The van der Waals surface area contributed by atoms with Crippen molar-refractivity contribution in [1.29, 1.82) is 0 Å². The largest absolute Gasteiger partial charge is 0.588 e. The Labute approximate surface area is 199 Å². The first-order valence-corrected chi connectivity index (χ1v) is 12.1. The monoisotopic (exact) mass is 479 g/mol. The van der Waals surface area contributed by atoms with Crippen molar-refractivity contribution in [1.82, 2.24) is 4.72 Å². The SMILES string of the molecule is CCOc1ccc(Oc2ccccc2)cc1[S+]([O-])NC(=O)c1cc2c(F)cc(C3CC3)cc2o1. The highest BCUT2D eigenvalue weighted by atomic mass is 32.2. The Balaban J connectivity index is 1.38. The fourth-order valence-electron chi connectivity index (χ4n) is 3.67. The van der Waals surface area contributed by atoms with Crippen molar-refractivity contribution in [3.05, 3.63) is 83.9 Å². The molecule has 1 N–H and O–H groups in total. The number of para-hydroxylation sites is 1. The van der Waals surface area contributed by atoms with Gasteiger partial charge in [-0.05, 0) is 67.6 Å². The Morgan fingerprint density at radius 3 is 2.65 bits per heavy atom. The lowest BCUT2D eigenvalue weighted by molar-refractivity contribution is 0.0956. The maximum atomic E-state index is 14.5. The van der Waals surface area contributed by atoms with Crippen molar-refractivity contribution in [2.45, 2.75) is 30.6 Å². The fraction of sp³-hybridized carbons (Fsp3) is 0.192. The van der Waals surface area contributed by atoms with E-state index in [2.05, 4.69) is 4.72 Å². The summed E-state index contributed by atoms with van der Waals surface area (Å²) in [7, 11) is 0. The lowest BCUT2D eigenvalue weighted by Gasteiger charge is -2.15. The van der Waals surface area contributed by atoms with Gasteiger partial charge in [0.15, 0.2) is 11.5 Å². The second kappa shape index (κ2) is 9.40. The molecule has 8 heteroatoms. The number of nitrogens with one attached hydrogen (secondary N) is 1. The van der Waals surface area contributed by atoms with E-state index >= 15 is 0 Å². The Morgan fingerprint density at radius 2 is 1.91 bits per heavy atom. The van der Waals surface area contributed by atoms with Crippen molar-refractivity contribution in [3.8, 4) is 17.2 Å². The average Bonchev–Trinajstić information content (AvgIpc) is 3.59. The summed E-state index contributed by atoms with van der Waals surface area (Å²) in [6.45, 7) is 2.15. The van der Waals surface area contributed by atoms with Crippen LogP contribution in [0.4, 0.5) is 4.39 Å². The molecule has 1 fully saturated rings. The molecule has 0 spiro atoms. The van der Waals surface area contributed by atoms with Gasteiger partial charge in [-0.1, -0.05) is 18.2 Å². The first-order valence-electron chi connectivity index (χ1n) is 11.0. The molecular formula is C26H22FNO5S. The van der Waals surface area contributed by atoms with Gasteiger partial charge in [0.2, 0.25) is 4.90 Å². The van der Waals surface area contributed by atoms with Crippen LogP contribution in [-0.2, 0) is 11.4 Å². The highest BCUT2D eigenvalue weighted by Crippen LogP contribution is 2.42. The molecule has 5 rings (SSSR count). The Morgan fingerprint density at radius 1 is 1.12 bits per heavy atom. The molecule has 1 atom stereocenters. The third-order valence-corrected chi connectivity index (χ3v) is 6.55. The predicted molar refractivity (Wildman–Crippen MR) is 126 cm³/mol. The molecule has 0 bridgehead atoms. The topological polar surface area (TPSA) is 83.8 Å². The second-order valence-corrected chi connectivity index (χ2v) is 9.14. The van der Waals surface area contributed by atoms with Gasteiger partial charge in [-0.3, -0.25) is 4.79 Å². The third-order valence-electron chi connectivity index (χ3n) is 5.46. The fourth-order valence-corrected chi connectivity index (χ4v) is 4.58. The van der Waals surface area contributed by atoms with E-state index in [0.29, 0.717) is 35.4 Å². The van der Waals surface area contributed by atoms with Crippen LogP contribution in [0.2, 0.25) is 0 Å². The lowest BCUT2D eigenvalue weighted by atomic mass is 10.1. The van der Waals surface area contributed by atoms with Crippen LogP contribution in [0.1, 0.15) is 41.8 Å². The van der Waals surface area contributed by atoms with E-state index in [9.17, 15) is 13.7 Å². The van der Waals surface area contributed by atoms with Crippen LogP contribution >= 0.6 is 0 Å². The summed E-state index contributed by atoms with van der Waals surface area (Å²) in [5, 5.41) is 0.216. The molecule has 1 unspecified atom stereocenters. The number of furan rings is 1. The van der Waals surface area contributed by atoms with Crippen LogP contribution in [0.15, 0.2) is 76.0 Å². The number of benzene rings is 3. The number of carbonyl (C=O) groups excluding carboxylic acids is 1. The smallest absolute Gasteiger partial charge is 0.328 e. The number of amides is 1. The molecule has 3 aromatic carbocycles. The number of ether oxygens (including phenoxy) is 2. The summed E-state index contributed by atoms with van der Waals surface area (Å²) in [5.41, 5.74) is 1.16. The van der Waals surface area contributed by atoms with Crippen molar-refractivity contribution in [2.24, 2.45) is 0 Å². The first-order chi connectivity index (χ1) is 16.5. The Kier molecular flexibility index (Phi) is 6.17. The molecule has 1 aromatic heterocycles. The minimum Gasteiger partial charge on any atom is -0.588 e. The molecule has 1 saturated carbocycles. The molecule has 34 heavy (non-hydrogen) atoms. The normalized spacial score (nSPS) is 14.1. The second-order valence-electron chi connectivity index (χ2n) is 7.96. The van der Waals surface area contributed by atoms with Gasteiger partial charge in [-0.15, -0.1) is 0 Å². The molecular weight excluding hydrogens is 457 g/mol. The summed E-state index contributed by atoms with van der Waals surface area (Å²) >= 11 is -1.98. The van der Waals surface area contributed by atoms with Crippen LogP contribution in [0.3, 0.4) is 0 Å². The van der Waals surface area contributed by atoms with E-state index in [-0.39, 0.29) is 16.0 Å². The minimum atomic E-state index is -1.98. The minimum absolute atomic E-state index is 0.121. The van der Waals surface area contributed by atoms with Crippen molar-refractivity contribution < 1.29 is 27.6 Å². The van der Waals surface area contributed by atoms with E-state index in [1.165, 1.54) is 12.1 Å². The molecule has 1 aliphatic rings. The van der Waals surface area contributed by atoms with Gasteiger partial charge < -0.3 is 18.4 Å². The van der Waals surface area contributed by atoms with Crippen LogP contribution in [-0.4, -0.2) is 17.1 Å². The van der Waals surface area contributed by atoms with Gasteiger partial charge >= 0.3 is 5.91 Å². The number of rotatable bonds is 8. The van der Waals surface area contributed by atoms with Gasteiger partial charge in [-0.2, -0.15) is 4.72 Å². The van der Waals surface area contributed by atoms with E-state index in [0.717, 1.165) is 18.4 Å². The summed E-state index contributed by atoms with van der Waals surface area (Å²) in [5.74, 6) is 0.465. The van der Waals surface area contributed by atoms with E-state index in [1.54, 1.807) is 43.3 Å². The molecule has 174 valence electrons. The molecule has 4 aromatic rings. The number of carbonyl (C=O) groups is 1. The van der Waals surface area contributed by atoms with Gasteiger partial charge in [0.05, 0.1) is 12.0 Å². The average molecular weight is 480 g/mol. The van der Waals surface area contributed by atoms with Crippen molar-refractivity contribution >= 4 is 28.2 Å². The molecule has 0 aliphatic heterocycles. The Hall–Kier alpha value is -3.49. The zero-order valence-electron chi connectivity index (χ0n) is 18.4. The van der Waals surface area contributed by atoms with Crippen molar-refractivity contribution in [3.63, 3.8) is 0 Å². The summed E-state index contributed by atoms with van der Waals surface area (Å²) in [6.07, 6.45) is 2.04. The highest BCUT2D eigenvalue weighted by molar-refractivity contribution is 7.90. The number of fused-ring (bicyclic) bond motifs is 1. The maximum absolute atomic E-state index is 14.5. The van der Waals surface area contributed by atoms with Crippen LogP contribution < -0.4 is 14.2 Å². The third kappa shape index (κ3) is 4.73. The molecule has 1 amide bonds. The number of hydrogen-bond donors (Lipinski definition) is 1. The molecule has 6 nitrogen and oxygen atoms in total. The van der Waals surface area contributed by atoms with Crippen molar-refractivity contribution in [2.75, 3.05) is 6.61 Å². The number of halogens is 1. The molecule has 0 radical (unpaired) electrons. The highest BCUT2D eigenvalue weighted by Gasteiger charge is 2.28. The van der Waals surface area contributed by atoms with Gasteiger partial charge in [0, 0.05) is 12.1 Å². The summed E-state index contributed by atoms with van der Waals surface area (Å²) in [6, 6.07) is 18.6. The standard InChI is InChI=1S/C26H22FNO5S/c1-2-31-22-11-10-19(32-18-6-4-3-5-7-18)14-25(22)34(30)28-26(29)24-15-20-21(27)12-17(16-8-9-16)13-23(20)33-24/h3-7,10-16H,2,8-9H2,1H3,(H,28,29). The molecule has 0 saturated heterocycles. The lowest BCUT2D eigenvalue weighted by Crippen LogP contribution is -2.30. The molecule has 1 heterocycles.